The van der Waals surface area contributed by atoms with Crippen LogP contribution < -0.4 is 10.6 Å². The first-order valence-corrected chi connectivity index (χ1v) is 8.55. The molecule has 2 aliphatic rings. The molecule has 2 fully saturated rings. The Morgan fingerprint density at radius 1 is 0.682 bits per heavy atom. The highest BCUT2D eigenvalue weighted by molar-refractivity contribution is 5.90. The van der Waals surface area contributed by atoms with Gasteiger partial charge in [0.2, 0.25) is 0 Å². The lowest BCUT2D eigenvalue weighted by molar-refractivity contribution is -0.147. The summed E-state index contributed by atoms with van der Waals surface area (Å²) >= 11 is 0. The molecule has 22 heavy (non-hydrogen) atoms. The van der Waals surface area contributed by atoms with E-state index in [4.69, 9.17) is 0 Å². The molecule has 2 saturated carbocycles. The van der Waals surface area contributed by atoms with Crippen LogP contribution in [0.5, 0.6) is 0 Å². The van der Waals surface area contributed by atoms with Crippen molar-refractivity contribution in [1.29, 1.82) is 0 Å². The Morgan fingerprint density at radius 3 is 1.32 bits per heavy atom. The minimum Gasteiger partial charge on any atom is -0.380 e. The molecule has 4 N–H and O–H groups in total. The molecule has 6 nitrogen and oxygen atoms in total. The van der Waals surface area contributed by atoms with Crippen LogP contribution in [0, 0.1) is 0 Å². The molecule has 0 saturated heterocycles. The summed E-state index contributed by atoms with van der Waals surface area (Å²) in [5.41, 5.74) is 0. The summed E-state index contributed by atoms with van der Waals surface area (Å²) in [4.78, 5) is 23.9. The van der Waals surface area contributed by atoms with Gasteiger partial charge in [0.15, 0.2) is 12.2 Å². The summed E-state index contributed by atoms with van der Waals surface area (Å²) in [5, 5.41) is 25.2. The summed E-state index contributed by atoms with van der Waals surface area (Å²) < 4.78 is 0. The third kappa shape index (κ3) is 4.95. The zero-order chi connectivity index (χ0) is 15.9. The molecule has 6 heteroatoms. The summed E-state index contributed by atoms with van der Waals surface area (Å²) in [7, 11) is 0. The monoisotopic (exact) mass is 312 g/mol. The van der Waals surface area contributed by atoms with E-state index in [1.165, 1.54) is 12.8 Å². The van der Waals surface area contributed by atoms with Gasteiger partial charge in [-0.3, -0.25) is 9.59 Å². The largest absolute Gasteiger partial charge is 0.380 e. The fraction of sp³-hybridized carbons (Fsp3) is 0.875. The quantitative estimate of drug-likeness (QED) is 0.597. The Balaban J connectivity index is 1.77. The van der Waals surface area contributed by atoms with Gasteiger partial charge in [-0.1, -0.05) is 38.5 Å². The topological polar surface area (TPSA) is 98.7 Å². The van der Waals surface area contributed by atoms with Crippen LogP contribution in [-0.4, -0.2) is 46.3 Å². The summed E-state index contributed by atoms with van der Waals surface area (Å²) in [5.74, 6) is -1.31. The molecule has 0 unspecified atom stereocenters. The van der Waals surface area contributed by atoms with Crippen molar-refractivity contribution >= 4 is 11.8 Å². The van der Waals surface area contributed by atoms with E-state index in [1.54, 1.807) is 0 Å². The maximum Gasteiger partial charge on any atom is 0.252 e. The Labute approximate surface area is 131 Å². The first-order chi connectivity index (χ1) is 10.6. The maximum atomic E-state index is 11.9. The molecule has 2 rings (SSSR count). The van der Waals surface area contributed by atoms with Crippen LogP contribution >= 0.6 is 0 Å². The minimum atomic E-state index is -1.70. The van der Waals surface area contributed by atoms with Gasteiger partial charge in [-0.05, 0) is 25.7 Å². The molecule has 0 aromatic rings. The average molecular weight is 312 g/mol. The first kappa shape index (κ1) is 17.2. The lowest BCUT2D eigenvalue weighted by Crippen LogP contribution is -2.53. The SMILES string of the molecule is O=C(NC1CCCCC1)[C@@H](O)[C@H](O)C(=O)NC1CCCCC1. The third-order valence-electron chi connectivity index (χ3n) is 4.74. The van der Waals surface area contributed by atoms with Gasteiger partial charge in [0.05, 0.1) is 0 Å². The second-order valence-electron chi connectivity index (χ2n) is 6.58. The second-order valence-corrected chi connectivity index (χ2v) is 6.58. The van der Waals surface area contributed by atoms with Gasteiger partial charge in [0.25, 0.3) is 11.8 Å². The van der Waals surface area contributed by atoms with E-state index in [-0.39, 0.29) is 12.1 Å². The number of aliphatic hydroxyl groups is 2. The average Bonchev–Trinajstić information content (AvgIpc) is 2.55. The van der Waals surface area contributed by atoms with Crippen LogP contribution in [0.25, 0.3) is 0 Å². The smallest absolute Gasteiger partial charge is 0.252 e. The Bertz CT molecular complexity index is 340. The molecular formula is C16H28N2O4. The van der Waals surface area contributed by atoms with E-state index in [1.807, 2.05) is 0 Å². The molecule has 0 heterocycles. The van der Waals surface area contributed by atoms with Crippen molar-refractivity contribution in [3.05, 3.63) is 0 Å². The highest BCUT2D eigenvalue weighted by Crippen LogP contribution is 2.18. The molecular weight excluding hydrogens is 284 g/mol. The number of aliphatic hydroxyl groups excluding tert-OH is 2. The van der Waals surface area contributed by atoms with Gasteiger partial charge in [-0.25, -0.2) is 0 Å². The molecule has 126 valence electrons. The van der Waals surface area contributed by atoms with Crippen molar-refractivity contribution in [2.75, 3.05) is 0 Å². The molecule has 2 amide bonds. The van der Waals surface area contributed by atoms with Crippen LogP contribution in [0.15, 0.2) is 0 Å². The lowest BCUT2D eigenvalue weighted by Gasteiger charge is -2.27. The molecule has 0 aliphatic heterocycles. The van der Waals surface area contributed by atoms with Crippen molar-refractivity contribution in [3.8, 4) is 0 Å². The molecule has 0 aromatic carbocycles. The van der Waals surface area contributed by atoms with Crippen LogP contribution in [0.3, 0.4) is 0 Å². The van der Waals surface area contributed by atoms with E-state index in [9.17, 15) is 19.8 Å². The maximum absolute atomic E-state index is 11.9. The second kappa shape index (κ2) is 8.48. The number of hydrogen-bond donors (Lipinski definition) is 4. The van der Waals surface area contributed by atoms with Crippen LogP contribution in [0.2, 0.25) is 0 Å². The van der Waals surface area contributed by atoms with Crippen molar-refractivity contribution in [1.82, 2.24) is 10.6 Å². The Kier molecular flexibility index (Phi) is 6.64. The molecule has 0 spiro atoms. The predicted octanol–water partition coefficient (Wildman–Crippen LogP) is 0.606. The van der Waals surface area contributed by atoms with E-state index in [2.05, 4.69) is 10.6 Å². The first-order valence-electron chi connectivity index (χ1n) is 8.55. The van der Waals surface area contributed by atoms with Gasteiger partial charge in [-0.15, -0.1) is 0 Å². The van der Waals surface area contributed by atoms with Crippen LogP contribution in [-0.2, 0) is 9.59 Å². The summed E-state index contributed by atoms with van der Waals surface area (Å²) in [6.07, 6.45) is 6.74. The van der Waals surface area contributed by atoms with E-state index in [0.29, 0.717) is 0 Å². The number of rotatable bonds is 5. The van der Waals surface area contributed by atoms with Crippen LogP contribution in [0.1, 0.15) is 64.2 Å². The molecule has 2 aliphatic carbocycles. The fourth-order valence-electron chi connectivity index (χ4n) is 3.35. The number of carbonyl (C=O) groups excluding carboxylic acids is 2. The van der Waals surface area contributed by atoms with Gasteiger partial charge in [-0.2, -0.15) is 0 Å². The number of nitrogens with one attached hydrogen (secondary N) is 2. The summed E-state index contributed by atoms with van der Waals surface area (Å²) in [6.45, 7) is 0. The van der Waals surface area contributed by atoms with Crippen molar-refractivity contribution in [2.24, 2.45) is 0 Å². The lowest BCUT2D eigenvalue weighted by atomic mass is 9.94. The van der Waals surface area contributed by atoms with Crippen LogP contribution in [0.4, 0.5) is 0 Å². The Hall–Kier alpha value is -1.14. The van der Waals surface area contributed by atoms with E-state index >= 15 is 0 Å². The molecule has 0 aromatic heterocycles. The normalized spacial score (nSPS) is 23.5. The summed E-state index contributed by atoms with van der Waals surface area (Å²) in [6, 6.07) is 0.0917. The molecule has 0 radical (unpaired) electrons. The standard InChI is InChI=1S/C16H28N2O4/c19-13(15(21)17-11-7-3-1-4-8-11)14(20)16(22)18-12-9-5-2-6-10-12/h11-14,19-20H,1-10H2,(H,17,21)(H,18,22)/t13-,14-/m0/s1. The van der Waals surface area contributed by atoms with Crippen molar-refractivity contribution in [2.45, 2.75) is 88.5 Å². The third-order valence-corrected chi connectivity index (χ3v) is 4.74. The van der Waals surface area contributed by atoms with E-state index in [0.717, 1.165) is 51.4 Å². The van der Waals surface area contributed by atoms with Crippen molar-refractivity contribution < 1.29 is 19.8 Å². The highest BCUT2D eigenvalue weighted by Gasteiger charge is 2.32. The molecule has 2 atom stereocenters. The van der Waals surface area contributed by atoms with Gasteiger partial charge < -0.3 is 20.8 Å². The van der Waals surface area contributed by atoms with Crippen molar-refractivity contribution in [3.63, 3.8) is 0 Å². The molecule has 0 bridgehead atoms. The zero-order valence-corrected chi connectivity index (χ0v) is 13.1. The zero-order valence-electron chi connectivity index (χ0n) is 13.1. The number of amides is 2. The fourth-order valence-corrected chi connectivity index (χ4v) is 3.35. The Morgan fingerprint density at radius 2 is 1.00 bits per heavy atom. The number of hydrogen-bond acceptors (Lipinski definition) is 4. The minimum absolute atomic E-state index is 0.0458. The van der Waals surface area contributed by atoms with Gasteiger partial charge >= 0.3 is 0 Å². The van der Waals surface area contributed by atoms with Gasteiger partial charge in [0, 0.05) is 12.1 Å². The highest BCUT2D eigenvalue weighted by atomic mass is 16.3. The van der Waals surface area contributed by atoms with Gasteiger partial charge in [0.1, 0.15) is 0 Å². The number of carbonyl (C=O) groups is 2. The predicted molar refractivity (Wildman–Crippen MR) is 82.0 cm³/mol. The van der Waals surface area contributed by atoms with E-state index < -0.39 is 24.0 Å².